The van der Waals surface area contributed by atoms with Crippen molar-refractivity contribution in [3.63, 3.8) is 0 Å². The number of aryl methyl sites for hydroxylation is 1. The Hall–Kier alpha value is -2.92. The number of anilines is 1. The van der Waals surface area contributed by atoms with E-state index in [0.717, 1.165) is 54.5 Å². The highest BCUT2D eigenvalue weighted by atomic mass is 19.1. The van der Waals surface area contributed by atoms with E-state index in [1.807, 2.05) is 13.8 Å². The summed E-state index contributed by atoms with van der Waals surface area (Å²) in [6.45, 7) is 11.8. The summed E-state index contributed by atoms with van der Waals surface area (Å²) in [7, 11) is 0. The molecule has 2 aliphatic heterocycles. The van der Waals surface area contributed by atoms with Crippen LogP contribution in [0.1, 0.15) is 56.0 Å². The van der Waals surface area contributed by atoms with Gasteiger partial charge in [-0.1, -0.05) is 6.07 Å². The molecule has 214 valence electrons. The van der Waals surface area contributed by atoms with Gasteiger partial charge in [0.2, 0.25) is 5.95 Å². The maximum Gasteiger partial charge on any atom is 0.223 e. The van der Waals surface area contributed by atoms with Crippen molar-refractivity contribution in [2.75, 3.05) is 38.3 Å². The summed E-state index contributed by atoms with van der Waals surface area (Å²) in [5.74, 6) is -0.301. The summed E-state index contributed by atoms with van der Waals surface area (Å²) in [5, 5.41) is 14.1. The van der Waals surface area contributed by atoms with Gasteiger partial charge in [-0.3, -0.25) is 9.69 Å². The lowest BCUT2D eigenvalue weighted by Gasteiger charge is -2.37. The summed E-state index contributed by atoms with van der Waals surface area (Å²) in [5.41, 5.74) is 4.22. The van der Waals surface area contributed by atoms with Gasteiger partial charge < -0.3 is 24.5 Å². The fraction of sp³-hybridized carbons (Fsp3) is 0.567. The van der Waals surface area contributed by atoms with Crippen molar-refractivity contribution >= 4 is 16.9 Å². The van der Waals surface area contributed by atoms with Crippen molar-refractivity contribution in [3.05, 3.63) is 51.2 Å². The maximum absolute atomic E-state index is 15.3. The molecule has 0 radical (unpaired) electrons. The van der Waals surface area contributed by atoms with Crippen molar-refractivity contribution in [2.45, 2.75) is 77.2 Å². The number of nitrogens with zero attached hydrogens (tertiary/aromatic N) is 4. The van der Waals surface area contributed by atoms with E-state index in [4.69, 9.17) is 9.47 Å². The average Bonchev–Trinajstić information content (AvgIpc) is 3.71. The summed E-state index contributed by atoms with van der Waals surface area (Å²) in [6.07, 6.45) is 3.28. The quantitative estimate of drug-likeness (QED) is 0.478. The number of hydrogen-bond acceptors (Lipinski definition) is 8. The van der Waals surface area contributed by atoms with Crippen LogP contribution in [-0.2, 0) is 16.0 Å². The van der Waals surface area contributed by atoms with Crippen LogP contribution in [0.2, 0.25) is 0 Å². The van der Waals surface area contributed by atoms with Gasteiger partial charge in [-0.15, -0.1) is 0 Å². The van der Waals surface area contributed by atoms with Gasteiger partial charge in [-0.2, -0.15) is 0 Å². The second-order valence-corrected chi connectivity index (χ2v) is 11.8. The lowest BCUT2D eigenvalue weighted by Crippen LogP contribution is -2.47. The van der Waals surface area contributed by atoms with Crippen molar-refractivity contribution in [2.24, 2.45) is 0 Å². The Labute approximate surface area is 233 Å². The summed E-state index contributed by atoms with van der Waals surface area (Å²) < 4.78 is 28.6. The minimum absolute atomic E-state index is 0.00803. The van der Waals surface area contributed by atoms with Gasteiger partial charge in [0.05, 0.1) is 43.7 Å². The summed E-state index contributed by atoms with van der Waals surface area (Å²) in [6, 6.07) is 3.37. The Morgan fingerprint density at radius 1 is 1.20 bits per heavy atom. The zero-order valence-electron chi connectivity index (χ0n) is 23.7. The molecule has 2 aromatic heterocycles. The van der Waals surface area contributed by atoms with E-state index in [9.17, 15) is 9.90 Å². The molecule has 2 atom stereocenters. The number of fused-ring (bicyclic) bond motifs is 1. The molecule has 3 aliphatic rings. The average molecular weight is 552 g/mol. The molecule has 0 unspecified atom stereocenters. The molecule has 1 aromatic carbocycles. The van der Waals surface area contributed by atoms with E-state index in [1.54, 1.807) is 12.1 Å². The van der Waals surface area contributed by atoms with Crippen LogP contribution in [0.4, 0.5) is 10.3 Å². The third-order valence-corrected chi connectivity index (χ3v) is 8.85. The van der Waals surface area contributed by atoms with Crippen LogP contribution in [0.5, 0.6) is 0 Å². The molecule has 0 bridgehead atoms. The lowest BCUT2D eigenvalue weighted by molar-refractivity contribution is -0.0256. The van der Waals surface area contributed by atoms with E-state index in [-0.39, 0.29) is 41.3 Å². The van der Waals surface area contributed by atoms with Gasteiger partial charge in [-0.25, -0.2) is 14.4 Å². The van der Waals surface area contributed by atoms with E-state index in [2.05, 4.69) is 38.6 Å². The fourth-order valence-electron chi connectivity index (χ4n) is 6.34. The van der Waals surface area contributed by atoms with E-state index in [0.29, 0.717) is 37.1 Å². The monoisotopic (exact) mass is 551 g/mol. The number of halogens is 1. The van der Waals surface area contributed by atoms with Gasteiger partial charge >= 0.3 is 0 Å². The summed E-state index contributed by atoms with van der Waals surface area (Å²) >= 11 is 0. The second kappa shape index (κ2) is 10.5. The Morgan fingerprint density at radius 2 is 2.00 bits per heavy atom. The van der Waals surface area contributed by atoms with Gasteiger partial charge in [0.15, 0.2) is 11.2 Å². The molecule has 1 saturated carbocycles. The van der Waals surface area contributed by atoms with Crippen molar-refractivity contribution in [1.82, 2.24) is 19.4 Å². The molecule has 0 amide bonds. The smallest absolute Gasteiger partial charge is 0.223 e. The van der Waals surface area contributed by atoms with Crippen LogP contribution in [0.15, 0.2) is 23.1 Å². The Bertz CT molecular complexity index is 1500. The minimum Gasteiger partial charge on any atom is -0.389 e. The number of morpholine rings is 1. The first-order chi connectivity index (χ1) is 19.2. The Balaban J connectivity index is 1.46. The first kappa shape index (κ1) is 27.3. The molecule has 10 heteroatoms. The van der Waals surface area contributed by atoms with Gasteiger partial charge in [-0.05, 0) is 58.6 Å². The standard InChI is InChI=1S/C30H38FN5O4/c1-17(2)36-24(14-35-10-12-40-16-30(35)8-9-30)19(4)28(38)21-6-5-20(18(3)27(21)36)26-22(31)13-32-29(34-26)33-23-7-11-39-15-25(23)37/h5-6,13,17,23,25,37H,7-12,14-16H2,1-4H3,(H,32,33,34)/t23-,25-/m1/s1. The maximum atomic E-state index is 15.3. The topological polar surface area (TPSA) is 102 Å². The number of ether oxygens (including phenoxy) is 2. The number of pyridine rings is 1. The molecule has 6 rings (SSSR count). The molecular weight excluding hydrogens is 513 g/mol. The molecule has 9 nitrogen and oxygen atoms in total. The van der Waals surface area contributed by atoms with E-state index < -0.39 is 11.9 Å². The van der Waals surface area contributed by atoms with E-state index >= 15 is 4.39 Å². The van der Waals surface area contributed by atoms with Crippen molar-refractivity contribution in [3.8, 4) is 11.3 Å². The van der Waals surface area contributed by atoms with Crippen molar-refractivity contribution < 1.29 is 19.0 Å². The third-order valence-electron chi connectivity index (χ3n) is 8.85. The van der Waals surface area contributed by atoms with Crippen LogP contribution in [-0.4, -0.2) is 75.2 Å². The highest BCUT2D eigenvalue weighted by Gasteiger charge is 2.50. The van der Waals surface area contributed by atoms with Crippen molar-refractivity contribution in [1.29, 1.82) is 0 Å². The number of aromatic nitrogens is 3. The first-order valence-corrected chi connectivity index (χ1v) is 14.3. The molecule has 3 aromatic rings. The Morgan fingerprint density at radius 3 is 2.73 bits per heavy atom. The Kier molecular flexibility index (Phi) is 7.14. The zero-order valence-corrected chi connectivity index (χ0v) is 23.7. The molecule has 2 saturated heterocycles. The molecule has 3 fully saturated rings. The molecule has 2 N–H and O–H groups in total. The molecular formula is C30H38FN5O4. The molecule has 4 heterocycles. The predicted molar refractivity (Wildman–Crippen MR) is 151 cm³/mol. The van der Waals surface area contributed by atoms with Gasteiger partial charge in [0.1, 0.15) is 5.69 Å². The fourth-order valence-corrected chi connectivity index (χ4v) is 6.34. The summed E-state index contributed by atoms with van der Waals surface area (Å²) in [4.78, 5) is 24.9. The first-order valence-electron chi connectivity index (χ1n) is 14.3. The van der Waals surface area contributed by atoms with Crippen LogP contribution >= 0.6 is 0 Å². The number of aliphatic hydroxyl groups excluding tert-OH is 1. The zero-order chi connectivity index (χ0) is 28.2. The second-order valence-electron chi connectivity index (χ2n) is 11.8. The van der Waals surface area contributed by atoms with Crippen LogP contribution < -0.4 is 10.7 Å². The largest absolute Gasteiger partial charge is 0.389 e. The lowest BCUT2D eigenvalue weighted by atomic mass is 9.97. The number of hydrogen-bond donors (Lipinski definition) is 2. The van der Waals surface area contributed by atoms with Gasteiger partial charge in [0.25, 0.3) is 0 Å². The van der Waals surface area contributed by atoms with Crippen LogP contribution in [0, 0.1) is 19.7 Å². The molecule has 1 spiro atoms. The molecule has 40 heavy (non-hydrogen) atoms. The predicted octanol–water partition coefficient (Wildman–Crippen LogP) is 3.72. The third kappa shape index (κ3) is 4.70. The number of nitrogens with one attached hydrogen (secondary N) is 1. The van der Waals surface area contributed by atoms with Gasteiger partial charge in [0, 0.05) is 53.5 Å². The SMILES string of the molecule is Cc1c(CN2CCOCC23CC3)n(C(C)C)c2c(C)c(-c3nc(N[C@@H]4CCOC[C@H]4O)ncc3F)ccc2c1=O. The number of rotatable bonds is 6. The van der Waals surface area contributed by atoms with Crippen LogP contribution in [0.3, 0.4) is 0 Å². The highest BCUT2D eigenvalue weighted by Crippen LogP contribution is 2.44. The molecule has 1 aliphatic carbocycles. The van der Waals surface area contributed by atoms with Crippen LogP contribution in [0.25, 0.3) is 22.2 Å². The highest BCUT2D eigenvalue weighted by molar-refractivity contribution is 5.89. The van der Waals surface area contributed by atoms with E-state index in [1.165, 1.54) is 0 Å². The number of aliphatic hydroxyl groups is 1. The normalized spacial score (nSPS) is 22.8. The minimum atomic E-state index is -0.698. The number of benzene rings is 1.